The summed E-state index contributed by atoms with van der Waals surface area (Å²) in [6.45, 7) is 19.2. The predicted molar refractivity (Wildman–Crippen MR) is 138 cm³/mol. The zero-order valence-corrected chi connectivity index (χ0v) is 21.2. The molecule has 0 radical (unpaired) electrons. The van der Waals surface area contributed by atoms with Crippen LogP contribution in [0.1, 0.15) is 52.7 Å². The van der Waals surface area contributed by atoms with Gasteiger partial charge < -0.3 is 19.5 Å². The van der Waals surface area contributed by atoms with E-state index in [9.17, 15) is 0 Å². The van der Waals surface area contributed by atoms with Gasteiger partial charge in [0.2, 0.25) is 0 Å². The average molecular weight is 434 g/mol. The second kappa shape index (κ2) is 32.3. The van der Waals surface area contributed by atoms with Crippen molar-refractivity contribution in [3.05, 3.63) is 73.0 Å². The SMILES string of the molecule is C#C.C=C(/C=C\CC)OC(c1ccccc1)C(C)OC.C=CC.CCNC.CCOC. The highest BCUT2D eigenvalue weighted by atomic mass is 16.5. The third kappa shape index (κ3) is 27.7. The normalized spacial score (nSPS) is 10.8. The first-order valence-corrected chi connectivity index (χ1v) is 10.6. The van der Waals surface area contributed by atoms with Gasteiger partial charge in [0.25, 0.3) is 0 Å². The lowest BCUT2D eigenvalue weighted by Gasteiger charge is -2.24. The summed E-state index contributed by atoms with van der Waals surface area (Å²) >= 11 is 0. The lowest BCUT2D eigenvalue weighted by atomic mass is 10.1. The second-order valence-corrected chi connectivity index (χ2v) is 5.86. The van der Waals surface area contributed by atoms with Crippen molar-refractivity contribution >= 4 is 0 Å². The number of methoxy groups -OCH3 is 2. The molecule has 2 atom stereocenters. The summed E-state index contributed by atoms with van der Waals surface area (Å²) in [6, 6.07) is 10.1. The molecule has 1 aromatic rings. The van der Waals surface area contributed by atoms with E-state index in [0.717, 1.165) is 25.1 Å². The first kappa shape index (κ1) is 36.1. The molecule has 0 fully saturated rings. The molecule has 4 nitrogen and oxygen atoms in total. The van der Waals surface area contributed by atoms with Gasteiger partial charge in [-0.25, -0.2) is 0 Å². The number of nitrogens with one attached hydrogen (secondary N) is 1. The zero-order valence-electron chi connectivity index (χ0n) is 21.2. The molecule has 1 N–H and O–H groups in total. The monoisotopic (exact) mass is 433 g/mol. The molecule has 178 valence electrons. The van der Waals surface area contributed by atoms with Crippen LogP contribution < -0.4 is 5.32 Å². The van der Waals surface area contributed by atoms with Gasteiger partial charge in [-0.3, -0.25) is 0 Å². The molecule has 0 saturated heterocycles. The highest BCUT2D eigenvalue weighted by Gasteiger charge is 2.20. The van der Waals surface area contributed by atoms with E-state index < -0.39 is 0 Å². The Bertz CT molecular complexity index is 516. The maximum atomic E-state index is 5.88. The molecule has 0 heterocycles. The molecule has 1 rings (SSSR count). The Balaban J connectivity index is -0.000000231. The standard InChI is InChI=1S/C16H22O2.C3H9N.C3H8O.C3H6.C2H2/c1-5-6-10-13(2)18-16(14(3)17-4)15-11-8-7-9-12-15;2*1-3-4-2;1-3-2;1-2/h6-12,14,16H,2,5H2,1,3-4H3;4H,3H2,1-2H3;3H2,1-2H3;3H,1H2,2H3;1-2H/b10-6-;;;;. The fourth-order valence-electron chi connectivity index (χ4n) is 1.65. The van der Waals surface area contributed by atoms with Crippen LogP contribution in [0.25, 0.3) is 0 Å². The molecule has 0 aliphatic heterocycles. The number of benzene rings is 1. The Morgan fingerprint density at radius 3 is 1.90 bits per heavy atom. The van der Waals surface area contributed by atoms with E-state index in [1.165, 1.54) is 0 Å². The van der Waals surface area contributed by atoms with Gasteiger partial charge in [-0.1, -0.05) is 62.9 Å². The van der Waals surface area contributed by atoms with Crippen molar-refractivity contribution in [3.63, 3.8) is 0 Å². The van der Waals surface area contributed by atoms with Crippen molar-refractivity contribution < 1.29 is 14.2 Å². The first-order chi connectivity index (χ1) is 14.9. The maximum Gasteiger partial charge on any atom is 0.149 e. The summed E-state index contributed by atoms with van der Waals surface area (Å²) in [5, 5.41) is 2.93. The van der Waals surface area contributed by atoms with Crippen molar-refractivity contribution in [1.29, 1.82) is 0 Å². The molecular weight excluding hydrogens is 386 g/mol. The van der Waals surface area contributed by atoms with E-state index in [-0.39, 0.29) is 12.2 Å². The molecule has 0 bridgehead atoms. The fourth-order valence-corrected chi connectivity index (χ4v) is 1.65. The summed E-state index contributed by atoms with van der Waals surface area (Å²) < 4.78 is 15.8. The summed E-state index contributed by atoms with van der Waals surface area (Å²) in [5.74, 6) is 0.662. The van der Waals surface area contributed by atoms with Crippen LogP contribution in [0.2, 0.25) is 0 Å². The van der Waals surface area contributed by atoms with Gasteiger partial charge in [0.15, 0.2) is 0 Å². The van der Waals surface area contributed by atoms with Gasteiger partial charge in [-0.05, 0) is 52.4 Å². The highest BCUT2D eigenvalue weighted by Crippen LogP contribution is 2.25. The van der Waals surface area contributed by atoms with Crippen LogP contribution in [0.5, 0.6) is 0 Å². The second-order valence-electron chi connectivity index (χ2n) is 5.86. The minimum absolute atomic E-state index is 0.0285. The molecule has 4 heteroatoms. The number of ether oxygens (including phenoxy) is 3. The first-order valence-electron chi connectivity index (χ1n) is 10.6. The lowest BCUT2D eigenvalue weighted by molar-refractivity contribution is -0.0172. The van der Waals surface area contributed by atoms with Crippen molar-refractivity contribution in [2.45, 2.75) is 53.2 Å². The van der Waals surface area contributed by atoms with E-state index in [4.69, 9.17) is 9.47 Å². The third-order valence-electron chi connectivity index (χ3n) is 3.39. The Labute approximate surface area is 193 Å². The fraction of sp³-hybridized carbons (Fsp3) is 0.481. The number of terminal acetylenes is 1. The topological polar surface area (TPSA) is 39.7 Å². The molecule has 0 spiro atoms. The summed E-state index contributed by atoms with van der Waals surface area (Å²) in [4.78, 5) is 0. The summed E-state index contributed by atoms with van der Waals surface area (Å²) in [6.07, 6.45) is 14.5. The van der Waals surface area contributed by atoms with Crippen LogP contribution >= 0.6 is 0 Å². The van der Waals surface area contributed by atoms with E-state index in [1.54, 1.807) is 20.3 Å². The Morgan fingerprint density at radius 2 is 1.58 bits per heavy atom. The zero-order chi connectivity index (χ0) is 24.9. The van der Waals surface area contributed by atoms with E-state index in [1.807, 2.05) is 70.3 Å². The van der Waals surface area contributed by atoms with Gasteiger partial charge in [0.05, 0.1) is 6.10 Å². The Hall–Kier alpha value is -2.32. The molecule has 0 aromatic heterocycles. The van der Waals surface area contributed by atoms with Crippen molar-refractivity contribution in [3.8, 4) is 12.8 Å². The van der Waals surface area contributed by atoms with E-state index >= 15 is 0 Å². The van der Waals surface area contributed by atoms with Crippen LogP contribution in [-0.4, -0.2) is 40.5 Å². The summed E-state index contributed by atoms with van der Waals surface area (Å²) in [5.41, 5.74) is 1.10. The van der Waals surface area contributed by atoms with Crippen LogP contribution in [-0.2, 0) is 14.2 Å². The molecule has 0 aliphatic carbocycles. The predicted octanol–water partition coefficient (Wildman–Crippen LogP) is 6.58. The van der Waals surface area contributed by atoms with E-state index in [2.05, 4.69) is 49.9 Å². The number of hydrogen-bond acceptors (Lipinski definition) is 4. The highest BCUT2D eigenvalue weighted by molar-refractivity contribution is 5.20. The largest absolute Gasteiger partial charge is 0.484 e. The molecule has 31 heavy (non-hydrogen) atoms. The molecule has 0 amide bonds. The smallest absolute Gasteiger partial charge is 0.149 e. The van der Waals surface area contributed by atoms with Gasteiger partial charge in [0, 0.05) is 20.8 Å². The average Bonchev–Trinajstić information content (AvgIpc) is 2.83. The van der Waals surface area contributed by atoms with Gasteiger partial charge in [-0.15, -0.1) is 19.4 Å². The van der Waals surface area contributed by atoms with Gasteiger partial charge >= 0.3 is 0 Å². The molecule has 0 aliphatic rings. The number of hydrogen-bond donors (Lipinski definition) is 1. The Kier molecular flexibility index (Phi) is 37.6. The molecule has 2 unspecified atom stereocenters. The molecule has 1 aromatic carbocycles. The minimum Gasteiger partial charge on any atom is -0.484 e. The van der Waals surface area contributed by atoms with E-state index in [0.29, 0.717) is 5.76 Å². The van der Waals surface area contributed by atoms with Gasteiger partial charge in [0.1, 0.15) is 11.9 Å². The van der Waals surface area contributed by atoms with Crippen LogP contribution in [0, 0.1) is 12.8 Å². The van der Waals surface area contributed by atoms with Crippen LogP contribution in [0.4, 0.5) is 0 Å². The van der Waals surface area contributed by atoms with Crippen molar-refractivity contribution in [1.82, 2.24) is 5.32 Å². The lowest BCUT2D eigenvalue weighted by Crippen LogP contribution is -2.19. The summed E-state index contributed by atoms with van der Waals surface area (Å²) in [7, 11) is 5.30. The quantitative estimate of drug-likeness (QED) is 0.207. The number of rotatable bonds is 9. The van der Waals surface area contributed by atoms with Crippen LogP contribution in [0.3, 0.4) is 0 Å². The van der Waals surface area contributed by atoms with Crippen LogP contribution in [0.15, 0.2) is 67.5 Å². The minimum atomic E-state index is -0.134. The molecule has 0 saturated carbocycles. The molecular formula is C27H47NO3. The van der Waals surface area contributed by atoms with Crippen molar-refractivity contribution in [2.24, 2.45) is 0 Å². The maximum absolute atomic E-state index is 5.88. The Morgan fingerprint density at radius 1 is 1.13 bits per heavy atom. The van der Waals surface area contributed by atoms with Crippen molar-refractivity contribution in [2.75, 3.05) is 34.4 Å². The van der Waals surface area contributed by atoms with Gasteiger partial charge in [-0.2, -0.15) is 0 Å². The number of allylic oxidation sites excluding steroid dienone is 3. The third-order valence-corrected chi connectivity index (χ3v) is 3.39.